The fourth-order valence-electron chi connectivity index (χ4n) is 4.66. The van der Waals surface area contributed by atoms with E-state index >= 15 is 0 Å². The highest BCUT2D eigenvalue weighted by molar-refractivity contribution is 7.09. The fourth-order valence-corrected chi connectivity index (χ4v) is 5.44. The Bertz CT molecular complexity index is 1320. The number of fused-ring (bicyclic) bond motifs is 1. The van der Waals surface area contributed by atoms with Crippen molar-refractivity contribution in [3.63, 3.8) is 0 Å². The lowest BCUT2D eigenvalue weighted by Crippen LogP contribution is -2.31. The van der Waals surface area contributed by atoms with Crippen molar-refractivity contribution in [3.8, 4) is 0 Å². The van der Waals surface area contributed by atoms with Crippen molar-refractivity contribution < 1.29 is 14.3 Å². The molecule has 1 aliphatic heterocycles. The van der Waals surface area contributed by atoms with Gasteiger partial charge in [0.25, 0.3) is 5.91 Å². The molecule has 0 radical (unpaired) electrons. The van der Waals surface area contributed by atoms with Crippen LogP contribution in [0.4, 0.5) is 5.69 Å². The molecule has 0 aliphatic carbocycles. The molecule has 8 nitrogen and oxygen atoms in total. The van der Waals surface area contributed by atoms with Gasteiger partial charge in [0.15, 0.2) is 0 Å². The third kappa shape index (κ3) is 4.96. The average molecular weight is 490 g/mol. The number of benzene rings is 2. The molecule has 4 aromatic rings. The quantitative estimate of drug-likeness (QED) is 0.399. The van der Waals surface area contributed by atoms with E-state index in [1.54, 1.807) is 36.0 Å². The number of methoxy groups -OCH3 is 1. The minimum absolute atomic E-state index is 0.0371. The van der Waals surface area contributed by atoms with Crippen molar-refractivity contribution >= 4 is 39.9 Å². The van der Waals surface area contributed by atoms with E-state index in [1.165, 1.54) is 12.7 Å². The number of hydrogen-bond donors (Lipinski definition) is 1. The summed E-state index contributed by atoms with van der Waals surface area (Å²) in [6.45, 7) is 1.29. The molecule has 2 amide bonds. The maximum absolute atomic E-state index is 14.0. The van der Waals surface area contributed by atoms with Crippen molar-refractivity contribution in [2.45, 2.75) is 31.8 Å². The fraction of sp³-hybridized carbons (Fsp3) is 0.308. The maximum atomic E-state index is 14.0. The number of carbonyl (C=O) groups excluding carboxylic acids is 2. The third-order valence-electron chi connectivity index (χ3n) is 6.24. The lowest BCUT2D eigenvalue weighted by molar-refractivity contribution is -0.119. The second kappa shape index (κ2) is 10.4. The first kappa shape index (κ1) is 23.2. The van der Waals surface area contributed by atoms with Crippen molar-refractivity contribution in [1.29, 1.82) is 0 Å². The van der Waals surface area contributed by atoms with Crippen molar-refractivity contribution in [1.82, 2.24) is 19.4 Å². The Kier molecular flexibility index (Phi) is 6.87. The Morgan fingerprint density at radius 3 is 2.83 bits per heavy atom. The number of thiazole rings is 1. The lowest BCUT2D eigenvalue weighted by Gasteiger charge is -2.24. The van der Waals surface area contributed by atoms with Crippen LogP contribution in [0.1, 0.15) is 39.8 Å². The van der Waals surface area contributed by atoms with Crippen molar-refractivity contribution in [3.05, 3.63) is 76.5 Å². The summed E-state index contributed by atoms with van der Waals surface area (Å²) >= 11 is 1.57. The summed E-state index contributed by atoms with van der Waals surface area (Å²) in [5.74, 6) is -0.354. The number of nitrogens with one attached hydrogen (secondary N) is 1. The van der Waals surface area contributed by atoms with Gasteiger partial charge >= 0.3 is 0 Å². The molecule has 1 aliphatic rings. The van der Waals surface area contributed by atoms with Crippen LogP contribution in [0.25, 0.3) is 11.0 Å². The molecule has 0 bridgehead atoms. The van der Waals surface area contributed by atoms with Gasteiger partial charge in [-0.05, 0) is 37.0 Å². The second-order valence-corrected chi connectivity index (χ2v) is 9.50. The largest absolute Gasteiger partial charge is 0.375 e. The predicted molar refractivity (Wildman–Crippen MR) is 136 cm³/mol. The van der Waals surface area contributed by atoms with E-state index in [9.17, 15) is 9.59 Å². The second-order valence-electron chi connectivity index (χ2n) is 8.57. The summed E-state index contributed by atoms with van der Waals surface area (Å²) in [7, 11) is 1.47. The molecule has 0 unspecified atom stereocenters. The van der Waals surface area contributed by atoms with Crippen LogP contribution >= 0.6 is 11.3 Å². The van der Waals surface area contributed by atoms with Crippen LogP contribution in [0.3, 0.4) is 0 Å². The van der Waals surface area contributed by atoms with E-state index in [0.717, 1.165) is 29.8 Å². The summed E-state index contributed by atoms with van der Waals surface area (Å²) in [4.78, 5) is 37.1. The Balaban J connectivity index is 1.52. The normalized spacial score (nSPS) is 15.6. The van der Waals surface area contributed by atoms with E-state index in [4.69, 9.17) is 4.74 Å². The molecule has 1 saturated heterocycles. The number of aryl methyl sites for hydroxylation is 2. The number of aromatic nitrogens is 3. The Morgan fingerprint density at radius 2 is 2.06 bits per heavy atom. The van der Waals surface area contributed by atoms with Crippen molar-refractivity contribution in [2.75, 3.05) is 25.6 Å². The summed E-state index contributed by atoms with van der Waals surface area (Å²) in [5, 5.41) is 5.73. The average Bonchev–Trinajstić information content (AvgIpc) is 3.63. The molecule has 1 atom stereocenters. The summed E-state index contributed by atoms with van der Waals surface area (Å²) in [5.41, 5.74) is 3.72. The topological polar surface area (TPSA) is 89.3 Å². The van der Waals surface area contributed by atoms with Crippen LogP contribution in [-0.4, -0.2) is 51.5 Å². The van der Waals surface area contributed by atoms with Gasteiger partial charge in [-0.3, -0.25) is 9.59 Å². The van der Waals surface area contributed by atoms with Crippen molar-refractivity contribution in [2.24, 2.45) is 0 Å². The van der Waals surface area contributed by atoms with Gasteiger partial charge in [-0.1, -0.05) is 30.3 Å². The summed E-state index contributed by atoms with van der Waals surface area (Å²) in [6, 6.07) is 13.8. The minimum Gasteiger partial charge on any atom is -0.375 e. The maximum Gasteiger partial charge on any atom is 0.256 e. The number of ether oxygens (including phenoxy) is 1. The van der Waals surface area contributed by atoms with Gasteiger partial charge in [0, 0.05) is 37.5 Å². The van der Waals surface area contributed by atoms with E-state index in [-0.39, 0.29) is 24.5 Å². The van der Waals surface area contributed by atoms with E-state index in [0.29, 0.717) is 29.9 Å². The molecule has 180 valence electrons. The zero-order valence-corrected chi connectivity index (χ0v) is 20.3. The Morgan fingerprint density at radius 1 is 1.20 bits per heavy atom. The van der Waals surface area contributed by atoms with Gasteiger partial charge in [0.1, 0.15) is 11.6 Å². The number of hydrogen-bond acceptors (Lipinski definition) is 6. The molecule has 1 N–H and O–H groups in total. The molecule has 0 saturated carbocycles. The number of amides is 2. The van der Waals surface area contributed by atoms with Gasteiger partial charge in [0.2, 0.25) is 5.91 Å². The van der Waals surface area contributed by atoms with Gasteiger partial charge < -0.3 is 19.5 Å². The number of imidazole rings is 1. The highest BCUT2D eigenvalue weighted by Crippen LogP contribution is 2.36. The molecular weight excluding hydrogens is 462 g/mol. The first-order valence-electron chi connectivity index (χ1n) is 11.7. The lowest BCUT2D eigenvalue weighted by atomic mass is 10.1. The Hall–Kier alpha value is -3.56. The molecular formula is C26H27N5O3S. The third-order valence-corrected chi connectivity index (χ3v) is 7.11. The number of nitrogens with zero attached hydrogens (tertiary/aromatic N) is 4. The molecule has 5 rings (SSSR count). The highest BCUT2D eigenvalue weighted by atomic mass is 32.1. The smallest absolute Gasteiger partial charge is 0.256 e. The predicted octanol–water partition coefficient (Wildman–Crippen LogP) is 4.30. The van der Waals surface area contributed by atoms with E-state index < -0.39 is 0 Å². The number of anilines is 1. The number of rotatable bonds is 8. The van der Waals surface area contributed by atoms with Crippen LogP contribution in [0, 0.1) is 0 Å². The van der Waals surface area contributed by atoms with Crippen LogP contribution in [0.2, 0.25) is 0 Å². The summed E-state index contributed by atoms with van der Waals surface area (Å²) < 4.78 is 6.98. The first-order chi connectivity index (χ1) is 17.1. The molecule has 3 heterocycles. The molecule has 35 heavy (non-hydrogen) atoms. The monoisotopic (exact) mass is 489 g/mol. The molecule has 9 heteroatoms. The summed E-state index contributed by atoms with van der Waals surface area (Å²) in [6.07, 6.45) is 6.19. The van der Waals surface area contributed by atoms with E-state index in [2.05, 4.69) is 27.4 Å². The molecule has 0 spiro atoms. The zero-order valence-electron chi connectivity index (χ0n) is 19.5. The standard InChI is InChI=1S/C26H27N5O3S/c1-34-16-23(32)29-19-14-20(26(33)31-11-5-8-22(31)25-27-10-13-35-25)24-21(15-19)28-17-30(24)12-9-18-6-3-2-4-7-18/h2-4,6-7,10,13-15,17,22H,5,8-9,11-12,16H2,1H3,(H,29,32)/t22-/m0/s1. The zero-order chi connectivity index (χ0) is 24.2. The van der Waals surface area contributed by atoms with Crippen LogP contribution in [0.15, 0.2) is 60.4 Å². The van der Waals surface area contributed by atoms with Crippen LogP contribution in [-0.2, 0) is 22.5 Å². The number of likely N-dealkylation sites (tertiary alicyclic amines) is 1. The van der Waals surface area contributed by atoms with Gasteiger partial charge in [0.05, 0.1) is 29.0 Å². The van der Waals surface area contributed by atoms with Gasteiger partial charge in [-0.15, -0.1) is 11.3 Å². The Labute approximate surface area is 207 Å². The van der Waals surface area contributed by atoms with Crippen LogP contribution < -0.4 is 5.32 Å². The first-order valence-corrected chi connectivity index (χ1v) is 12.5. The molecule has 2 aromatic carbocycles. The SMILES string of the molecule is COCC(=O)Nc1cc(C(=O)N2CCC[C@H]2c2nccs2)c2c(c1)ncn2CCc1ccccc1. The van der Waals surface area contributed by atoms with Crippen LogP contribution in [0.5, 0.6) is 0 Å². The number of carbonyl (C=O) groups is 2. The van der Waals surface area contributed by atoms with Gasteiger partial charge in [-0.25, -0.2) is 9.97 Å². The van der Waals surface area contributed by atoms with Gasteiger partial charge in [-0.2, -0.15) is 0 Å². The minimum atomic E-state index is -0.282. The van der Waals surface area contributed by atoms with E-state index in [1.807, 2.05) is 33.0 Å². The molecule has 1 fully saturated rings. The molecule has 2 aromatic heterocycles. The highest BCUT2D eigenvalue weighted by Gasteiger charge is 2.33.